The van der Waals surface area contributed by atoms with Gasteiger partial charge in [0.1, 0.15) is 0 Å². The van der Waals surface area contributed by atoms with E-state index in [1.807, 2.05) is 0 Å². The number of para-hydroxylation sites is 1. The second-order valence-electron chi connectivity index (χ2n) is 5.90. The van der Waals surface area contributed by atoms with Crippen LogP contribution in [0.15, 0.2) is 24.3 Å². The Hall–Kier alpha value is -1.02. The highest BCUT2D eigenvalue weighted by atomic mass is 16.3. The Morgan fingerprint density at radius 2 is 2.17 bits per heavy atom. The summed E-state index contributed by atoms with van der Waals surface area (Å²) in [6, 6.07) is 8.67. The first-order valence-electron chi connectivity index (χ1n) is 7.31. The molecule has 1 aromatic carbocycles. The summed E-state index contributed by atoms with van der Waals surface area (Å²) >= 11 is 0. The van der Waals surface area contributed by atoms with Crippen molar-refractivity contribution in [2.45, 2.75) is 57.1 Å². The van der Waals surface area contributed by atoms with Gasteiger partial charge in [0.25, 0.3) is 0 Å². The Balaban J connectivity index is 1.83. The molecule has 2 nitrogen and oxygen atoms in total. The lowest BCUT2D eigenvalue weighted by atomic mass is 9.69. The minimum atomic E-state index is -0.508. The summed E-state index contributed by atoms with van der Waals surface area (Å²) in [5.41, 5.74) is 2.07. The van der Waals surface area contributed by atoms with Gasteiger partial charge in [0.15, 0.2) is 0 Å². The number of rotatable bonds is 2. The molecule has 0 bridgehead atoms. The van der Waals surface area contributed by atoms with E-state index in [0.29, 0.717) is 5.92 Å². The SMILES string of the molecule is CCC1CCCCC1(O)C1Cc2ccccc2N1. The molecule has 0 radical (unpaired) electrons. The highest BCUT2D eigenvalue weighted by molar-refractivity contribution is 5.57. The predicted molar refractivity (Wildman–Crippen MR) is 74.8 cm³/mol. The zero-order valence-electron chi connectivity index (χ0n) is 11.2. The van der Waals surface area contributed by atoms with Gasteiger partial charge in [-0.25, -0.2) is 0 Å². The van der Waals surface area contributed by atoms with Gasteiger partial charge in [-0.15, -0.1) is 0 Å². The fourth-order valence-corrected chi connectivity index (χ4v) is 3.87. The lowest BCUT2D eigenvalue weighted by Gasteiger charge is -2.44. The monoisotopic (exact) mass is 245 g/mol. The Kier molecular flexibility index (Phi) is 3.06. The second-order valence-corrected chi connectivity index (χ2v) is 5.90. The Morgan fingerprint density at radius 3 is 2.94 bits per heavy atom. The summed E-state index contributed by atoms with van der Waals surface area (Å²) in [5, 5.41) is 14.7. The summed E-state index contributed by atoms with van der Waals surface area (Å²) < 4.78 is 0. The third-order valence-corrected chi connectivity index (χ3v) is 4.95. The molecule has 18 heavy (non-hydrogen) atoms. The maximum absolute atomic E-state index is 11.1. The molecule has 3 atom stereocenters. The van der Waals surface area contributed by atoms with E-state index in [2.05, 4.69) is 36.5 Å². The summed E-state index contributed by atoms with van der Waals surface area (Å²) in [6.45, 7) is 2.21. The molecule has 1 heterocycles. The van der Waals surface area contributed by atoms with E-state index in [1.54, 1.807) is 0 Å². The van der Waals surface area contributed by atoms with E-state index < -0.39 is 5.60 Å². The average molecular weight is 245 g/mol. The van der Waals surface area contributed by atoms with E-state index in [-0.39, 0.29) is 6.04 Å². The second kappa shape index (κ2) is 4.58. The van der Waals surface area contributed by atoms with Crippen LogP contribution in [-0.4, -0.2) is 16.7 Å². The Morgan fingerprint density at radius 1 is 1.33 bits per heavy atom. The normalized spacial score (nSPS) is 35.0. The third kappa shape index (κ3) is 1.83. The van der Waals surface area contributed by atoms with Gasteiger partial charge in [0, 0.05) is 5.69 Å². The van der Waals surface area contributed by atoms with E-state index in [1.165, 1.54) is 30.5 Å². The van der Waals surface area contributed by atoms with Crippen molar-refractivity contribution in [1.82, 2.24) is 0 Å². The first kappa shape index (κ1) is 12.0. The molecule has 0 aromatic heterocycles. The first-order valence-corrected chi connectivity index (χ1v) is 7.31. The molecule has 3 rings (SSSR count). The lowest BCUT2D eigenvalue weighted by Crippen LogP contribution is -2.53. The van der Waals surface area contributed by atoms with Crippen molar-refractivity contribution < 1.29 is 5.11 Å². The maximum atomic E-state index is 11.1. The number of benzene rings is 1. The van der Waals surface area contributed by atoms with E-state index in [9.17, 15) is 5.11 Å². The summed E-state index contributed by atoms with van der Waals surface area (Å²) in [6.07, 6.45) is 6.65. The van der Waals surface area contributed by atoms with Crippen LogP contribution >= 0.6 is 0 Å². The zero-order chi connectivity index (χ0) is 12.6. The van der Waals surface area contributed by atoms with Gasteiger partial charge in [-0.05, 0) is 36.8 Å². The Labute approximate surface area is 109 Å². The fraction of sp³-hybridized carbons (Fsp3) is 0.625. The van der Waals surface area contributed by atoms with Crippen molar-refractivity contribution in [3.05, 3.63) is 29.8 Å². The van der Waals surface area contributed by atoms with Crippen LogP contribution in [0.5, 0.6) is 0 Å². The predicted octanol–water partition coefficient (Wildman–Crippen LogP) is 3.35. The van der Waals surface area contributed by atoms with Crippen LogP contribution in [0, 0.1) is 5.92 Å². The molecule has 1 aliphatic carbocycles. The minimum Gasteiger partial charge on any atom is -0.387 e. The maximum Gasteiger partial charge on any atom is 0.0878 e. The van der Waals surface area contributed by atoms with Crippen LogP contribution in [0.2, 0.25) is 0 Å². The smallest absolute Gasteiger partial charge is 0.0878 e. The summed E-state index contributed by atoms with van der Waals surface area (Å²) in [5.74, 6) is 0.457. The molecule has 1 fully saturated rings. The molecule has 0 spiro atoms. The standard InChI is InChI=1S/C16H23NO/c1-2-13-8-5-6-10-16(13,18)15-11-12-7-3-4-9-14(12)17-15/h3-4,7,9,13,15,17-18H,2,5-6,8,10-11H2,1H3. The largest absolute Gasteiger partial charge is 0.387 e. The number of anilines is 1. The first-order chi connectivity index (χ1) is 8.74. The highest BCUT2D eigenvalue weighted by Gasteiger charge is 2.46. The fourth-order valence-electron chi connectivity index (χ4n) is 3.87. The van der Waals surface area contributed by atoms with Crippen LogP contribution < -0.4 is 5.32 Å². The molecule has 2 N–H and O–H groups in total. The molecule has 98 valence electrons. The molecule has 1 aromatic rings. The van der Waals surface area contributed by atoms with Gasteiger partial charge < -0.3 is 10.4 Å². The van der Waals surface area contributed by atoms with E-state index in [0.717, 1.165) is 19.3 Å². The quantitative estimate of drug-likeness (QED) is 0.837. The van der Waals surface area contributed by atoms with E-state index in [4.69, 9.17) is 0 Å². The topological polar surface area (TPSA) is 32.3 Å². The third-order valence-electron chi connectivity index (χ3n) is 4.95. The lowest BCUT2D eigenvalue weighted by molar-refractivity contribution is -0.0629. The average Bonchev–Trinajstić information content (AvgIpc) is 2.83. The number of nitrogens with one attached hydrogen (secondary N) is 1. The summed E-state index contributed by atoms with van der Waals surface area (Å²) in [4.78, 5) is 0. The number of hydrogen-bond donors (Lipinski definition) is 2. The molecule has 1 aliphatic heterocycles. The Bertz CT molecular complexity index is 406. The van der Waals surface area contributed by atoms with Crippen LogP contribution in [0.4, 0.5) is 5.69 Å². The van der Waals surface area contributed by atoms with Gasteiger partial charge in [0.05, 0.1) is 11.6 Å². The molecule has 3 unspecified atom stereocenters. The van der Waals surface area contributed by atoms with Gasteiger partial charge >= 0.3 is 0 Å². The zero-order valence-corrected chi connectivity index (χ0v) is 11.2. The molecule has 0 saturated heterocycles. The van der Waals surface area contributed by atoms with Crippen LogP contribution in [0.25, 0.3) is 0 Å². The number of fused-ring (bicyclic) bond motifs is 1. The van der Waals surface area contributed by atoms with Crippen molar-refractivity contribution in [2.24, 2.45) is 5.92 Å². The van der Waals surface area contributed by atoms with Gasteiger partial charge in [0.2, 0.25) is 0 Å². The van der Waals surface area contributed by atoms with Crippen molar-refractivity contribution in [3.8, 4) is 0 Å². The molecule has 2 heteroatoms. The molecular formula is C16H23NO. The molecule has 2 aliphatic rings. The minimum absolute atomic E-state index is 0.208. The molecule has 0 amide bonds. The van der Waals surface area contributed by atoms with Crippen molar-refractivity contribution in [2.75, 3.05) is 5.32 Å². The van der Waals surface area contributed by atoms with Crippen molar-refractivity contribution >= 4 is 5.69 Å². The number of hydrogen-bond acceptors (Lipinski definition) is 2. The van der Waals surface area contributed by atoms with Crippen LogP contribution in [-0.2, 0) is 6.42 Å². The highest BCUT2D eigenvalue weighted by Crippen LogP contribution is 2.42. The van der Waals surface area contributed by atoms with Gasteiger partial charge in [-0.3, -0.25) is 0 Å². The summed E-state index contributed by atoms with van der Waals surface area (Å²) in [7, 11) is 0. The van der Waals surface area contributed by atoms with Gasteiger partial charge in [-0.1, -0.05) is 44.4 Å². The van der Waals surface area contributed by atoms with E-state index >= 15 is 0 Å². The van der Waals surface area contributed by atoms with Crippen molar-refractivity contribution in [1.29, 1.82) is 0 Å². The van der Waals surface area contributed by atoms with Crippen LogP contribution in [0.1, 0.15) is 44.6 Å². The molecule has 1 saturated carbocycles. The number of aliphatic hydroxyl groups is 1. The van der Waals surface area contributed by atoms with Gasteiger partial charge in [-0.2, -0.15) is 0 Å². The van der Waals surface area contributed by atoms with Crippen LogP contribution in [0.3, 0.4) is 0 Å². The molecular weight excluding hydrogens is 222 g/mol. The van der Waals surface area contributed by atoms with Crippen molar-refractivity contribution in [3.63, 3.8) is 0 Å².